The fourth-order valence-corrected chi connectivity index (χ4v) is 14.3. The Bertz CT molecular complexity index is 4480. The van der Waals surface area contributed by atoms with Crippen LogP contribution in [0.2, 0.25) is 0 Å². The van der Waals surface area contributed by atoms with Gasteiger partial charge >= 0.3 is 0 Å². The fraction of sp³-hybridized carbons (Fsp3) is 0.0137. The lowest BCUT2D eigenvalue weighted by molar-refractivity contribution is 0.776. The Labute approximate surface area is 446 Å². The summed E-state index contributed by atoms with van der Waals surface area (Å²) in [6.07, 6.45) is 0. The molecule has 1 atom stereocenters. The quantitative estimate of drug-likeness (QED) is 0.170. The van der Waals surface area contributed by atoms with Crippen LogP contribution in [-0.4, -0.2) is 0 Å². The third kappa shape index (κ3) is 6.21. The number of para-hydroxylation sites is 3. The van der Waals surface area contributed by atoms with E-state index >= 15 is 0 Å². The van der Waals surface area contributed by atoms with Gasteiger partial charge in [0.25, 0.3) is 0 Å². The van der Waals surface area contributed by atoms with Crippen LogP contribution in [0.25, 0.3) is 86.9 Å². The van der Waals surface area contributed by atoms with E-state index in [1.165, 1.54) is 109 Å². The van der Waals surface area contributed by atoms with Gasteiger partial charge in [-0.25, -0.2) is 0 Å². The zero-order valence-corrected chi connectivity index (χ0v) is 42.2. The summed E-state index contributed by atoms with van der Waals surface area (Å²) in [5, 5.41) is 2.61. The molecule has 1 aliphatic heterocycles. The van der Waals surface area contributed by atoms with E-state index < -0.39 is 5.41 Å². The van der Waals surface area contributed by atoms with E-state index in [1.807, 2.05) is 11.3 Å². The second-order valence-corrected chi connectivity index (χ2v) is 21.4. The van der Waals surface area contributed by atoms with Gasteiger partial charge in [0.2, 0.25) is 0 Å². The Morgan fingerprint density at radius 2 is 0.750 bits per heavy atom. The van der Waals surface area contributed by atoms with Crippen molar-refractivity contribution in [3.05, 3.63) is 301 Å². The van der Waals surface area contributed by atoms with Gasteiger partial charge in [-0.05, 0) is 157 Å². The molecule has 13 aromatic rings. The predicted octanol–water partition coefficient (Wildman–Crippen LogP) is 20.3. The van der Waals surface area contributed by atoms with Crippen LogP contribution in [0, 0.1) is 0 Å². The van der Waals surface area contributed by atoms with Gasteiger partial charge < -0.3 is 9.80 Å². The monoisotopic (exact) mass is 982 g/mol. The van der Waals surface area contributed by atoms with Crippen LogP contribution in [0.1, 0.15) is 22.3 Å². The molecule has 76 heavy (non-hydrogen) atoms. The summed E-state index contributed by atoms with van der Waals surface area (Å²) in [6.45, 7) is 0. The molecule has 12 aromatic carbocycles. The van der Waals surface area contributed by atoms with Gasteiger partial charge in [0.15, 0.2) is 0 Å². The standard InChI is InChI=1S/C73H46N2S/c1-3-19-47(20-4-1)48-35-37-50(38-36-48)74(51-39-41-55-59-27-11-16-32-69(59)75(49-21-5-2-6-22-49)70-33-17-12-28-60(70)62(55)43-51)52-40-42-58-54-24-8-7-23-53(54)56-25-9-14-30-65(56)73(67(58)44-52)66-31-15-10-26-57(66)63-46-72-64(45-68(63)73)61-29-13-18-34-71(61)76-72/h1-46H. The minimum atomic E-state index is -0.676. The van der Waals surface area contributed by atoms with Crippen LogP contribution in [0.15, 0.2) is 279 Å². The van der Waals surface area contributed by atoms with Gasteiger partial charge in [0.05, 0.1) is 16.8 Å². The highest BCUT2D eigenvalue weighted by Gasteiger charge is 2.50. The summed E-state index contributed by atoms with van der Waals surface area (Å²) in [6, 6.07) is 104. The van der Waals surface area contributed by atoms with Crippen molar-refractivity contribution in [3.63, 3.8) is 0 Å². The molecule has 0 N–H and O–H groups in total. The third-order valence-corrected chi connectivity index (χ3v) is 17.6. The lowest BCUT2D eigenvalue weighted by Crippen LogP contribution is -2.29. The third-order valence-electron chi connectivity index (χ3n) is 16.4. The van der Waals surface area contributed by atoms with E-state index in [0.29, 0.717) is 0 Å². The summed E-state index contributed by atoms with van der Waals surface area (Å²) >= 11 is 1.90. The first-order valence-corrected chi connectivity index (χ1v) is 27.1. The Kier molecular flexibility index (Phi) is 9.45. The summed E-state index contributed by atoms with van der Waals surface area (Å²) < 4.78 is 2.63. The van der Waals surface area contributed by atoms with E-state index in [2.05, 4.69) is 289 Å². The number of rotatable bonds is 5. The fourth-order valence-electron chi connectivity index (χ4n) is 13.2. The van der Waals surface area contributed by atoms with Crippen molar-refractivity contribution in [2.45, 2.75) is 5.41 Å². The van der Waals surface area contributed by atoms with E-state index in [1.54, 1.807) is 0 Å². The van der Waals surface area contributed by atoms with E-state index in [9.17, 15) is 0 Å². The van der Waals surface area contributed by atoms with Gasteiger partial charge in [-0.15, -0.1) is 11.3 Å². The lowest BCUT2D eigenvalue weighted by Gasteiger charge is -2.36. The van der Waals surface area contributed by atoms with Crippen molar-refractivity contribution in [1.29, 1.82) is 0 Å². The molecule has 3 aliphatic rings. The highest BCUT2D eigenvalue weighted by molar-refractivity contribution is 7.25. The minimum absolute atomic E-state index is 0.676. The second kappa shape index (κ2) is 16.7. The molecule has 0 saturated heterocycles. The van der Waals surface area contributed by atoms with Gasteiger partial charge in [-0.3, -0.25) is 0 Å². The molecule has 0 radical (unpaired) electrons. The molecule has 0 amide bonds. The number of fused-ring (bicyclic) bond motifs is 20. The molecule has 1 unspecified atom stereocenters. The van der Waals surface area contributed by atoms with Crippen molar-refractivity contribution in [1.82, 2.24) is 0 Å². The zero-order chi connectivity index (χ0) is 49.9. The van der Waals surface area contributed by atoms with E-state index in [-0.39, 0.29) is 0 Å². The first-order chi connectivity index (χ1) is 37.7. The average Bonchev–Trinajstić information content (AvgIpc) is 3.93. The Morgan fingerprint density at radius 3 is 1.45 bits per heavy atom. The first-order valence-electron chi connectivity index (χ1n) is 26.2. The topological polar surface area (TPSA) is 6.48 Å². The van der Waals surface area contributed by atoms with Crippen molar-refractivity contribution in [2.24, 2.45) is 0 Å². The zero-order valence-electron chi connectivity index (χ0n) is 41.4. The maximum absolute atomic E-state index is 2.56. The smallest absolute Gasteiger partial charge is 0.0726 e. The SMILES string of the molecule is c1ccc(-c2ccc(N(c3ccc4c(c3)-c3ccccc3N(c3ccccc3)c3ccccc3-4)c3ccc4c(c3)C3(c5ccccc5-c5ccccc5-4)c4ccccc4-c4cc5sc6ccccc6c5cc43)cc2)cc1. The Balaban J connectivity index is 0.989. The number of anilines is 6. The summed E-state index contributed by atoms with van der Waals surface area (Å²) in [4.78, 5) is 4.92. The number of benzene rings is 12. The highest BCUT2D eigenvalue weighted by atomic mass is 32.1. The molecule has 2 aliphatic carbocycles. The highest BCUT2D eigenvalue weighted by Crippen LogP contribution is 2.63. The molecule has 3 heteroatoms. The normalized spacial score (nSPS) is 14.3. The first kappa shape index (κ1) is 42.9. The number of hydrogen-bond acceptors (Lipinski definition) is 3. The molecular formula is C73H46N2S. The van der Waals surface area contributed by atoms with Crippen molar-refractivity contribution in [2.75, 3.05) is 9.80 Å². The van der Waals surface area contributed by atoms with Crippen molar-refractivity contribution in [3.8, 4) is 66.8 Å². The molecule has 0 saturated carbocycles. The summed E-state index contributed by atoms with van der Waals surface area (Å²) in [7, 11) is 0. The van der Waals surface area contributed by atoms with Gasteiger partial charge in [-0.2, -0.15) is 0 Å². The van der Waals surface area contributed by atoms with Gasteiger partial charge in [0, 0.05) is 54.0 Å². The molecular weight excluding hydrogens is 937 g/mol. The van der Waals surface area contributed by atoms with Crippen LogP contribution in [0.3, 0.4) is 0 Å². The molecule has 16 rings (SSSR count). The molecule has 2 heterocycles. The van der Waals surface area contributed by atoms with Crippen LogP contribution in [0.5, 0.6) is 0 Å². The van der Waals surface area contributed by atoms with E-state index in [0.717, 1.165) is 34.1 Å². The largest absolute Gasteiger partial charge is 0.310 e. The number of thiophene rings is 1. The maximum Gasteiger partial charge on any atom is 0.0726 e. The second-order valence-electron chi connectivity index (χ2n) is 20.3. The minimum Gasteiger partial charge on any atom is -0.310 e. The molecule has 354 valence electrons. The van der Waals surface area contributed by atoms with Crippen LogP contribution < -0.4 is 9.80 Å². The lowest BCUT2D eigenvalue weighted by atomic mass is 9.65. The Morgan fingerprint density at radius 1 is 0.276 bits per heavy atom. The van der Waals surface area contributed by atoms with Gasteiger partial charge in [0.1, 0.15) is 0 Å². The van der Waals surface area contributed by atoms with Crippen molar-refractivity contribution >= 4 is 65.6 Å². The van der Waals surface area contributed by atoms with Crippen molar-refractivity contribution < 1.29 is 0 Å². The number of nitrogens with zero attached hydrogens (tertiary/aromatic N) is 2. The maximum atomic E-state index is 2.56. The van der Waals surface area contributed by atoms with Crippen LogP contribution in [-0.2, 0) is 5.41 Å². The Hall–Kier alpha value is -9.54. The summed E-state index contributed by atoms with van der Waals surface area (Å²) in [5.74, 6) is 0. The van der Waals surface area contributed by atoms with Crippen LogP contribution >= 0.6 is 11.3 Å². The molecule has 2 nitrogen and oxygen atoms in total. The molecule has 1 aromatic heterocycles. The molecule has 0 fully saturated rings. The number of hydrogen-bond donors (Lipinski definition) is 0. The van der Waals surface area contributed by atoms with Gasteiger partial charge in [-0.1, -0.05) is 200 Å². The average molecular weight is 983 g/mol. The predicted molar refractivity (Wildman–Crippen MR) is 320 cm³/mol. The summed E-state index contributed by atoms with van der Waals surface area (Å²) in [5.41, 5.74) is 25.9. The van der Waals surface area contributed by atoms with E-state index in [4.69, 9.17) is 0 Å². The molecule has 1 spiro atoms. The van der Waals surface area contributed by atoms with Crippen LogP contribution in [0.4, 0.5) is 34.1 Å². The molecule has 0 bridgehead atoms.